The van der Waals surface area contributed by atoms with Crippen molar-refractivity contribution < 1.29 is 13.2 Å². The van der Waals surface area contributed by atoms with E-state index in [0.29, 0.717) is 36.7 Å². The lowest BCUT2D eigenvalue weighted by Gasteiger charge is -2.33. The van der Waals surface area contributed by atoms with Crippen molar-refractivity contribution in [3.63, 3.8) is 0 Å². The van der Waals surface area contributed by atoms with Crippen LogP contribution in [0.25, 0.3) is 0 Å². The van der Waals surface area contributed by atoms with Crippen LogP contribution in [0.1, 0.15) is 25.3 Å². The largest absolute Gasteiger partial charge is 0.352 e. The third-order valence-electron chi connectivity index (χ3n) is 5.07. The fraction of sp³-hybridized carbons (Fsp3) is 0.421. The first-order valence-electron chi connectivity index (χ1n) is 8.95. The second-order valence-corrected chi connectivity index (χ2v) is 11.4. The number of halogens is 1. The molecule has 1 atom stereocenters. The van der Waals surface area contributed by atoms with E-state index in [-0.39, 0.29) is 17.7 Å². The predicted molar refractivity (Wildman–Crippen MR) is 111 cm³/mol. The Labute approximate surface area is 173 Å². The van der Waals surface area contributed by atoms with Crippen molar-refractivity contribution >= 4 is 43.2 Å². The summed E-state index contributed by atoms with van der Waals surface area (Å²) >= 11 is 4.54. The van der Waals surface area contributed by atoms with E-state index in [2.05, 4.69) is 21.2 Å². The summed E-state index contributed by atoms with van der Waals surface area (Å²) in [5, 5.41) is 2.99. The average Bonchev–Trinajstić information content (AvgIpc) is 3.13. The molecule has 1 aromatic heterocycles. The second kappa shape index (κ2) is 8.86. The number of carbonyl (C=O) groups is 1. The number of rotatable bonds is 6. The average molecular weight is 471 g/mol. The molecule has 5 nitrogen and oxygen atoms in total. The lowest BCUT2D eigenvalue weighted by Crippen LogP contribution is -2.42. The van der Waals surface area contributed by atoms with Crippen LogP contribution in [0.5, 0.6) is 0 Å². The summed E-state index contributed by atoms with van der Waals surface area (Å²) in [6, 6.07) is 13.2. The zero-order valence-corrected chi connectivity index (χ0v) is 18.3. The lowest BCUT2D eigenvalue weighted by atomic mass is 9.85. The molecule has 0 radical (unpaired) electrons. The molecular weight excluding hydrogens is 448 g/mol. The van der Waals surface area contributed by atoms with Crippen LogP contribution in [0.15, 0.2) is 50.5 Å². The first kappa shape index (κ1) is 20.5. The highest BCUT2D eigenvalue weighted by atomic mass is 79.9. The number of hydrogen-bond acceptors (Lipinski definition) is 4. The van der Waals surface area contributed by atoms with E-state index >= 15 is 0 Å². The Morgan fingerprint density at radius 3 is 2.48 bits per heavy atom. The third kappa shape index (κ3) is 4.99. The molecule has 1 aromatic carbocycles. The number of amides is 1. The number of hydrogen-bond donors (Lipinski definition) is 1. The zero-order chi connectivity index (χ0) is 19.4. The Morgan fingerprint density at radius 2 is 1.89 bits per heavy atom. The number of benzene rings is 1. The number of sulfonamides is 1. The topological polar surface area (TPSA) is 66.5 Å². The standard InChI is InChI=1S/C19H23BrN2O3S2/c1-14(19(23)21-13-15-5-3-2-4-6-15)16-9-11-22(12-10-16)27(24,25)18-8-7-17(20)26-18/h2-8,14,16H,9-13H2,1H3,(H,21,23)/t14-/m0/s1. The van der Waals surface area contributed by atoms with Gasteiger partial charge in [0.05, 0.1) is 3.79 Å². The summed E-state index contributed by atoms with van der Waals surface area (Å²) in [5.41, 5.74) is 1.07. The fourth-order valence-corrected chi connectivity index (χ4v) is 6.97. The molecule has 1 aliphatic heterocycles. The number of nitrogens with one attached hydrogen (secondary N) is 1. The Bertz CT molecular complexity index is 875. The van der Waals surface area contributed by atoms with Gasteiger partial charge in [-0.1, -0.05) is 37.3 Å². The van der Waals surface area contributed by atoms with Gasteiger partial charge in [0, 0.05) is 25.6 Å². The van der Waals surface area contributed by atoms with E-state index in [0.717, 1.165) is 9.35 Å². The summed E-state index contributed by atoms with van der Waals surface area (Å²) in [6.45, 7) is 3.37. The minimum atomic E-state index is -3.44. The van der Waals surface area contributed by atoms with Gasteiger partial charge in [-0.2, -0.15) is 4.31 Å². The van der Waals surface area contributed by atoms with E-state index in [9.17, 15) is 13.2 Å². The van der Waals surface area contributed by atoms with Gasteiger partial charge in [-0.15, -0.1) is 11.3 Å². The van der Waals surface area contributed by atoms with Gasteiger partial charge in [-0.05, 0) is 52.4 Å². The molecule has 0 aliphatic carbocycles. The summed E-state index contributed by atoms with van der Waals surface area (Å²) in [5.74, 6) is 0.0964. The molecule has 1 aliphatic rings. The van der Waals surface area contributed by atoms with E-state index in [1.165, 1.54) is 15.6 Å². The van der Waals surface area contributed by atoms with Crippen LogP contribution < -0.4 is 5.32 Å². The maximum Gasteiger partial charge on any atom is 0.252 e. The van der Waals surface area contributed by atoms with Crippen molar-refractivity contribution in [2.75, 3.05) is 13.1 Å². The zero-order valence-electron chi connectivity index (χ0n) is 15.1. The van der Waals surface area contributed by atoms with Crippen LogP contribution in [-0.2, 0) is 21.4 Å². The number of thiophene rings is 1. The molecular formula is C19H23BrN2O3S2. The highest BCUT2D eigenvalue weighted by Gasteiger charge is 2.33. The monoisotopic (exact) mass is 470 g/mol. The quantitative estimate of drug-likeness (QED) is 0.696. The SMILES string of the molecule is C[C@H](C(=O)NCc1ccccc1)C1CCN(S(=O)(=O)c2ccc(Br)s2)CC1. The molecule has 0 saturated carbocycles. The van der Waals surface area contributed by atoms with Crippen molar-refractivity contribution in [1.29, 1.82) is 0 Å². The summed E-state index contributed by atoms with van der Waals surface area (Å²) in [7, 11) is -3.44. The molecule has 146 valence electrons. The maximum atomic E-state index is 12.7. The van der Waals surface area contributed by atoms with Gasteiger partial charge >= 0.3 is 0 Å². The summed E-state index contributed by atoms with van der Waals surface area (Å²) < 4.78 is 28.1. The molecule has 0 bridgehead atoms. The lowest BCUT2D eigenvalue weighted by molar-refractivity contribution is -0.126. The Kier molecular flexibility index (Phi) is 6.73. The normalized spacial score (nSPS) is 17.6. The van der Waals surface area contributed by atoms with Gasteiger partial charge in [0.15, 0.2) is 0 Å². The van der Waals surface area contributed by atoms with Crippen LogP contribution >= 0.6 is 27.3 Å². The third-order valence-corrected chi connectivity index (χ3v) is 9.06. The smallest absolute Gasteiger partial charge is 0.252 e. The van der Waals surface area contributed by atoms with Gasteiger partial charge in [-0.25, -0.2) is 8.42 Å². The first-order chi connectivity index (χ1) is 12.9. The van der Waals surface area contributed by atoms with Gasteiger partial charge in [0.2, 0.25) is 5.91 Å². The minimum absolute atomic E-state index is 0.0300. The molecule has 2 aromatic rings. The number of carbonyl (C=O) groups excluding carboxylic acids is 1. The van der Waals surface area contributed by atoms with Crippen LogP contribution in [0.3, 0.4) is 0 Å². The van der Waals surface area contributed by atoms with Crippen molar-refractivity contribution in [3.8, 4) is 0 Å². The Hall–Kier alpha value is -1.22. The fourth-order valence-electron chi connectivity index (χ4n) is 3.34. The second-order valence-electron chi connectivity index (χ2n) is 6.79. The molecule has 8 heteroatoms. The molecule has 1 amide bonds. The van der Waals surface area contributed by atoms with E-state index < -0.39 is 10.0 Å². The number of piperidine rings is 1. The molecule has 0 spiro atoms. The van der Waals surface area contributed by atoms with Gasteiger partial charge in [0.25, 0.3) is 10.0 Å². The van der Waals surface area contributed by atoms with E-state index in [1.807, 2.05) is 37.3 Å². The van der Waals surface area contributed by atoms with Gasteiger partial charge in [0.1, 0.15) is 4.21 Å². The van der Waals surface area contributed by atoms with Gasteiger partial charge < -0.3 is 5.32 Å². The summed E-state index contributed by atoms with van der Waals surface area (Å²) in [6.07, 6.45) is 1.40. The minimum Gasteiger partial charge on any atom is -0.352 e. The molecule has 1 N–H and O–H groups in total. The van der Waals surface area contributed by atoms with Gasteiger partial charge in [-0.3, -0.25) is 4.79 Å². The maximum absolute atomic E-state index is 12.7. The molecule has 2 heterocycles. The van der Waals surface area contributed by atoms with Crippen molar-refractivity contribution in [2.45, 2.75) is 30.5 Å². The molecule has 1 fully saturated rings. The van der Waals surface area contributed by atoms with Crippen molar-refractivity contribution in [2.24, 2.45) is 11.8 Å². The van der Waals surface area contributed by atoms with E-state index in [4.69, 9.17) is 0 Å². The number of nitrogens with zero attached hydrogens (tertiary/aromatic N) is 1. The Balaban J connectivity index is 1.53. The molecule has 3 rings (SSSR count). The van der Waals surface area contributed by atoms with Crippen molar-refractivity contribution in [1.82, 2.24) is 9.62 Å². The van der Waals surface area contributed by atoms with Crippen molar-refractivity contribution in [3.05, 3.63) is 51.8 Å². The highest BCUT2D eigenvalue weighted by Crippen LogP contribution is 2.32. The van der Waals surface area contributed by atoms with E-state index in [1.54, 1.807) is 12.1 Å². The van der Waals surface area contributed by atoms with Crippen LogP contribution in [0, 0.1) is 11.8 Å². The highest BCUT2D eigenvalue weighted by molar-refractivity contribution is 9.11. The molecule has 1 saturated heterocycles. The summed E-state index contributed by atoms with van der Waals surface area (Å²) in [4.78, 5) is 12.5. The predicted octanol–water partition coefficient (Wildman–Crippen LogP) is 3.86. The van der Waals surface area contributed by atoms with Crippen LogP contribution in [0.4, 0.5) is 0 Å². The first-order valence-corrected chi connectivity index (χ1v) is 12.0. The van der Waals surface area contributed by atoms with Crippen LogP contribution in [0.2, 0.25) is 0 Å². The molecule has 0 unspecified atom stereocenters. The Morgan fingerprint density at radius 1 is 1.22 bits per heavy atom. The molecule has 27 heavy (non-hydrogen) atoms. The van der Waals surface area contributed by atoms with Crippen LogP contribution in [-0.4, -0.2) is 31.7 Å².